The lowest BCUT2D eigenvalue weighted by atomic mass is 10.1. The summed E-state index contributed by atoms with van der Waals surface area (Å²) in [7, 11) is 0. The van der Waals surface area contributed by atoms with E-state index in [0.717, 1.165) is 12.1 Å². The van der Waals surface area contributed by atoms with Gasteiger partial charge in [0.05, 0.1) is 0 Å². The Morgan fingerprint density at radius 1 is 1.50 bits per heavy atom. The molecule has 0 saturated heterocycles. The largest absolute Gasteiger partial charge is 0.363 e. The van der Waals surface area contributed by atoms with Crippen LogP contribution in [0.15, 0.2) is 24.3 Å². The molecule has 1 unspecified atom stereocenters. The van der Waals surface area contributed by atoms with Gasteiger partial charge in [0.25, 0.3) is 0 Å². The third-order valence-electron chi connectivity index (χ3n) is 2.42. The van der Waals surface area contributed by atoms with Crippen LogP contribution in [0.3, 0.4) is 0 Å². The molecule has 1 aliphatic rings. The SMILES string of the molecule is CC(=O)NC1(C)Cc2ccccc2N1. The summed E-state index contributed by atoms with van der Waals surface area (Å²) in [5.74, 6) is -0.00666. The first kappa shape index (κ1) is 9.06. The third-order valence-corrected chi connectivity index (χ3v) is 2.42. The van der Waals surface area contributed by atoms with Gasteiger partial charge in [-0.05, 0) is 18.6 Å². The Morgan fingerprint density at radius 3 is 2.86 bits per heavy atom. The molecule has 1 atom stereocenters. The smallest absolute Gasteiger partial charge is 0.218 e. The van der Waals surface area contributed by atoms with Crippen molar-refractivity contribution in [2.75, 3.05) is 5.32 Å². The molecule has 74 valence electrons. The zero-order valence-electron chi connectivity index (χ0n) is 8.42. The number of para-hydroxylation sites is 1. The summed E-state index contributed by atoms with van der Waals surface area (Å²) < 4.78 is 0. The van der Waals surface area contributed by atoms with Crippen LogP contribution in [0, 0.1) is 0 Å². The number of carbonyl (C=O) groups is 1. The van der Waals surface area contributed by atoms with Crippen LogP contribution in [0.2, 0.25) is 0 Å². The monoisotopic (exact) mass is 190 g/mol. The van der Waals surface area contributed by atoms with Gasteiger partial charge in [-0.1, -0.05) is 18.2 Å². The van der Waals surface area contributed by atoms with Crippen LogP contribution >= 0.6 is 0 Å². The zero-order valence-corrected chi connectivity index (χ0v) is 8.42. The van der Waals surface area contributed by atoms with Gasteiger partial charge in [-0.15, -0.1) is 0 Å². The Morgan fingerprint density at radius 2 is 2.21 bits per heavy atom. The number of nitrogens with one attached hydrogen (secondary N) is 2. The summed E-state index contributed by atoms with van der Waals surface area (Å²) in [5.41, 5.74) is 2.04. The molecule has 3 heteroatoms. The predicted molar refractivity (Wildman–Crippen MR) is 56.0 cm³/mol. The lowest BCUT2D eigenvalue weighted by molar-refractivity contribution is -0.120. The quantitative estimate of drug-likeness (QED) is 0.704. The first-order valence-corrected chi connectivity index (χ1v) is 4.74. The van der Waals surface area contributed by atoms with E-state index in [1.165, 1.54) is 12.5 Å². The van der Waals surface area contributed by atoms with Crippen molar-refractivity contribution < 1.29 is 4.79 Å². The number of benzene rings is 1. The number of rotatable bonds is 1. The lowest BCUT2D eigenvalue weighted by Gasteiger charge is -2.25. The maximum Gasteiger partial charge on any atom is 0.218 e. The van der Waals surface area contributed by atoms with Gasteiger partial charge in [0.1, 0.15) is 5.66 Å². The molecule has 1 aliphatic heterocycles. The van der Waals surface area contributed by atoms with Crippen LogP contribution in [-0.2, 0) is 11.2 Å². The van der Waals surface area contributed by atoms with Crippen LogP contribution in [0.1, 0.15) is 19.4 Å². The van der Waals surface area contributed by atoms with Crippen molar-refractivity contribution in [3.63, 3.8) is 0 Å². The first-order chi connectivity index (χ1) is 6.59. The topological polar surface area (TPSA) is 41.1 Å². The Bertz CT molecular complexity index is 348. The van der Waals surface area contributed by atoms with E-state index in [-0.39, 0.29) is 11.6 Å². The van der Waals surface area contributed by atoms with Crippen LogP contribution in [0.25, 0.3) is 0 Å². The number of anilines is 1. The van der Waals surface area contributed by atoms with Crippen molar-refractivity contribution in [2.24, 2.45) is 0 Å². The van der Waals surface area contributed by atoms with E-state index in [0.29, 0.717) is 0 Å². The number of hydrogen-bond donors (Lipinski definition) is 2. The Kier molecular flexibility index (Phi) is 1.95. The molecule has 0 radical (unpaired) electrons. The molecular formula is C11H14N2O. The van der Waals surface area contributed by atoms with Crippen molar-refractivity contribution in [3.05, 3.63) is 29.8 Å². The van der Waals surface area contributed by atoms with E-state index in [1.807, 2.05) is 25.1 Å². The fourth-order valence-corrected chi connectivity index (χ4v) is 1.98. The minimum atomic E-state index is -0.324. The average Bonchev–Trinajstić information content (AvgIpc) is 2.38. The summed E-state index contributed by atoms with van der Waals surface area (Å²) in [6.07, 6.45) is 0.836. The van der Waals surface area contributed by atoms with Crippen LogP contribution in [-0.4, -0.2) is 11.6 Å². The highest BCUT2D eigenvalue weighted by molar-refractivity contribution is 5.75. The maximum atomic E-state index is 11.0. The van der Waals surface area contributed by atoms with Gasteiger partial charge in [0.2, 0.25) is 5.91 Å². The van der Waals surface area contributed by atoms with Gasteiger partial charge in [-0.3, -0.25) is 4.79 Å². The van der Waals surface area contributed by atoms with Crippen molar-refractivity contribution in [1.82, 2.24) is 5.32 Å². The molecule has 1 amide bonds. The first-order valence-electron chi connectivity index (χ1n) is 4.74. The molecule has 3 nitrogen and oxygen atoms in total. The molecule has 0 saturated carbocycles. The lowest BCUT2D eigenvalue weighted by Crippen LogP contribution is -2.50. The minimum absolute atomic E-state index is 0.00666. The second-order valence-corrected chi connectivity index (χ2v) is 3.97. The minimum Gasteiger partial charge on any atom is -0.363 e. The van der Waals surface area contributed by atoms with Gasteiger partial charge in [-0.2, -0.15) is 0 Å². The summed E-state index contributed by atoms with van der Waals surface area (Å²) in [6, 6.07) is 8.11. The highest BCUT2D eigenvalue weighted by Gasteiger charge is 2.32. The highest BCUT2D eigenvalue weighted by atomic mass is 16.1. The summed E-state index contributed by atoms with van der Waals surface area (Å²) in [4.78, 5) is 11.0. The van der Waals surface area contributed by atoms with Crippen molar-refractivity contribution in [3.8, 4) is 0 Å². The van der Waals surface area contributed by atoms with Crippen LogP contribution < -0.4 is 10.6 Å². The van der Waals surface area contributed by atoms with Gasteiger partial charge in [0.15, 0.2) is 0 Å². The van der Waals surface area contributed by atoms with E-state index in [4.69, 9.17) is 0 Å². The number of carbonyl (C=O) groups excluding carboxylic acids is 1. The van der Waals surface area contributed by atoms with Gasteiger partial charge >= 0.3 is 0 Å². The molecule has 1 aromatic rings. The fraction of sp³-hybridized carbons (Fsp3) is 0.364. The molecule has 2 N–H and O–H groups in total. The van der Waals surface area contributed by atoms with Gasteiger partial charge < -0.3 is 10.6 Å². The molecule has 1 aromatic carbocycles. The van der Waals surface area contributed by atoms with Crippen LogP contribution in [0.4, 0.5) is 5.69 Å². The summed E-state index contributed by atoms with van der Waals surface area (Å²) in [6.45, 7) is 3.53. The molecule has 0 fully saturated rings. The average molecular weight is 190 g/mol. The number of hydrogen-bond acceptors (Lipinski definition) is 2. The number of fused-ring (bicyclic) bond motifs is 1. The molecule has 2 rings (SSSR count). The van der Waals surface area contributed by atoms with Crippen molar-refractivity contribution in [2.45, 2.75) is 25.9 Å². The molecule has 0 bridgehead atoms. The molecule has 0 spiro atoms. The Labute approximate surface area is 83.5 Å². The standard InChI is InChI=1S/C11H14N2O/c1-8(14)12-11(2)7-9-5-3-4-6-10(9)13-11/h3-6,13H,7H2,1-2H3,(H,12,14). The highest BCUT2D eigenvalue weighted by Crippen LogP contribution is 2.30. The van der Waals surface area contributed by atoms with Crippen LogP contribution in [0.5, 0.6) is 0 Å². The normalized spacial score (nSPS) is 23.9. The van der Waals surface area contributed by atoms with E-state index in [1.54, 1.807) is 0 Å². The number of amides is 1. The molecular weight excluding hydrogens is 176 g/mol. The van der Waals surface area contributed by atoms with E-state index in [9.17, 15) is 4.79 Å². The molecule has 0 aromatic heterocycles. The summed E-state index contributed by atoms with van der Waals surface area (Å²) in [5, 5.41) is 6.23. The van der Waals surface area contributed by atoms with Gasteiger partial charge in [-0.25, -0.2) is 0 Å². The fourth-order valence-electron chi connectivity index (χ4n) is 1.98. The molecule has 14 heavy (non-hydrogen) atoms. The van der Waals surface area contributed by atoms with Crippen molar-refractivity contribution in [1.29, 1.82) is 0 Å². The second-order valence-electron chi connectivity index (χ2n) is 3.97. The Balaban J connectivity index is 2.21. The van der Waals surface area contributed by atoms with Crippen molar-refractivity contribution >= 4 is 11.6 Å². The second kappa shape index (κ2) is 3.01. The summed E-state index contributed by atoms with van der Waals surface area (Å²) >= 11 is 0. The van der Waals surface area contributed by atoms with E-state index in [2.05, 4.69) is 16.7 Å². The zero-order chi connectivity index (χ0) is 10.2. The third kappa shape index (κ3) is 1.58. The van der Waals surface area contributed by atoms with E-state index < -0.39 is 0 Å². The maximum absolute atomic E-state index is 11.0. The predicted octanol–water partition coefficient (Wildman–Crippen LogP) is 1.51. The molecule has 1 heterocycles. The Hall–Kier alpha value is -1.51. The molecule has 0 aliphatic carbocycles. The van der Waals surface area contributed by atoms with E-state index >= 15 is 0 Å². The van der Waals surface area contributed by atoms with Gasteiger partial charge in [0, 0.05) is 19.0 Å².